The first kappa shape index (κ1) is 13.6. The van der Waals surface area contributed by atoms with Gasteiger partial charge in [0.2, 0.25) is 0 Å². The topological polar surface area (TPSA) is 0 Å². The molecular formula is C8H12F6. The predicted molar refractivity (Wildman–Crippen MR) is 39.7 cm³/mol. The van der Waals surface area contributed by atoms with Crippen LogP contribution in [-0.2, 0) is 0 Å². The van der Waals surface area contributed by atoms with Gasteiger partial charge in [-0.1, -0.05) is 13.8 Å². The highest BCUT2D eigenvalue weighted by Gasteiger charge is 2.43. The molecule has 0 aromatic carbocycles. The van der Waals surface area contributed by atoms with Gasteiger partial charge in [0.15, 0.2) is 0 Å². The average molecular weight is 222 g/mol. The SMILES string of the molecule is CC(C)C(CCC(F)(F)F)C(F)(F)F. The molecule has 86 valence electrons. The van der Waals surface area contributed by atoms with Crippen LogP contribution in [0.25, 0.3) is 0 Å². The van der Waals surface area contributed by atoms with Gasteiger partial charge in [0.1, 0.15) is 0 Å². The van der Waals surface area contributed by atoms with Crippen molar-refractivity contribution in [2.75, 3.05) is 0 Å². The highest BCUT2D eigenvalue weighted by atomic mass is 19.4. The predicted octanol–water partition coefficient (Wildman–Crippen LogP) is 4.16. The quantitative estimate of drug-likeness (QED) is 0.629. The summed E-state index contributed by atoms with van der Waals surface area (Å²) in [4.78, 5) is 0. The van der Waals surface area contributed by atoms with Crippen LogP contribution in [0.4, 0.5) is 26.3 Å². The molecule has 0 aliphatic rings. The summed E-state index contributed by atoms with van der Waals surface area (Å²) >= 11 is 0. The maximum atomic E-state index is 12.2. The van der Waals surface area contributed by atoms with E-state index >= 15 is 0 Å². The minimum absolute atomic E-state index is 0.822. The first-order chi connectivity index (χ1) is 6.04. The normalized spacial score (nSPS) is 16.1. The van der Waals surface area contributed by atoms with Crippen LogP contribution in [0.3, 0.4) is 0 Å². The molecule has 1 atom stereocenters. The fourth-order valence-electron chi connectivity index (χ4n) is 1.19. The number of rotatable bonds is 3. The first-order valence-corrected chi connectivity index (χ1v) is 4.17. The lowest BCUT2D eigenvalue weighted by atomic mass is 9.90. The minimum Gasteiger partial charge on any atom is -0.171 e. The third-order valence-electron chi connectivity index (χ3n) is 1.96. The summed E-state index contributed by atoms with van der Waals surface area (Å²) in [5.74, 6) is -2.69. The minimum atomic E-state index is -4.54. The lowest BCUT2D eigenvalue weighted by molar-refractivity contribution is -0.199. The molecule has 0 aromatic heterocycles. The van der Waals surface area contributed by atoms with Crippen LogP contribution < -0.4 is 0 Å². The summed E-state index contributed by atoms with van der Waals surface area (Å²) in [5.41, 5.74) is 0. The van der Waals surface area contributed by atoms with Gasteiger partial charge < -0.3 is 0 Å². The fourth-order valence-corrected chi connectivity index (χ4v) is 1.19. The molecule has 0 heterocycles. The highest BCUT2D eigenvalue weighted by molar-refractivity contribution is 4.72. The molecule has 0 aromatic rings. The number of hydrogen-bond donors (Lipinski definition) is 0. The van der Waals surface area contributed by atoms with Crippen molar-refractivity contribution in [3.63, 3.8) is 0 Å². The van der Waals surface area contributed by atoms with Crippen molar-refractivity contribution < 1.29 is 26.3 Å². The summed E-state index contributed by atoms with van der Waals surface area (Å²) in [7, 11) is 0. The Balaban J connectivity index is 4.27. The van der Waals surface area contributed by atoms with E-state index in [-0.39, 0.29) is 0 Å². The van der Waals surface area contributed by atoms with Crippen LogP contribution in [0, 0.1) is 11.8 Å². The third-order valence-corrected chi connectivity index (χ3v) is 1.96. The maximum Gasteiger partial charge on any atom is 0.392 e. The largest absolute Gasteiger partial charge is 0.392 e. The molecular weight excluding hydrogens is 210 g/mol. The van der Waals surface area contributed by atoms with E-state index in [4.69, 9.17) is 0 Å². The van der Waals surface area contributed by atoms with E-state index in [1.54, 1.807) is 0 Å². The van der Waals surface area contributed by atoms with Crippen LogP contribution in [0.15, 0.2) is 0 Å². The van der Waals surface area contributed by atoms with E-state index in [1.165, 1.54) is 13.8 Å². The number of alkyl halides is 6. The summed E-state index contributed by atoms with van der Waals surface area (Å²) < 4.78 is 71.6. The van der Waals surface area contributed by atoms with E-state index in [0.717, 1.165) is 0 Å². The molecule has 0 aliphatic heterocycles. The van der Waals surface area contributed by atoms with Gasteiger partial charge in [0, 0.05) is 6.42 Å². The molecule has 14 heavy (non-hydrogen) atoms. The average Bonchev–Trinajstić information content (AvgIpc) is 1.79. The van der Waals surface area contributed by atoms with Gasteiger partial charge in [0.05, 0.1) is 5.92 Å². The summed E-state index contributed by atoms with van der Waals surface area (Å²) in [5, 5.41) is 0. The maximum absolute atomic E-state index is 12.2. The van der Waals surface area contributed by atoms with Gasteiger partial charge in [-0.15, -0.1) is 0 Å². The molecule has 0 rings (SSSR count). The molecule has 0 N–H and O–H groups in total. The van der Waals surface area contributed by atoms with Crippen LogP contribution in [0.2, 0.25) is 0 Å². The van der Waals surface area contributed by atoms with Crippen LogP contribution >= 0.6 is 0 Å². The lowest BCUT2D eigenvalue weighted by Gasteiger charge is -2.24. The van der Waals surface area contributed by atoms with Crippen molar-refractivity contribution in [1.82, 2.24) is 0 Å². The van der Waals surface area contributed by atoms with Crippen molar-refractivity contribution in [1.29, 1.82) is 0 Å². The fraction of sp³-hybridized carbons (Fsp3) is 1.00. The van der Waals surface area contributed by atoms with Crippen molar-refractivity contribution >= 4 is 0 Å². The number of halogens is 6. The van der Waals surface area contributed by atoms with Crippen molar-refractivity contribution in [3.05, 3.63) is 0 Å². The Kier molecular flexibility index (Phi) is 4.27. The van der Waals surface area contributed by atoms with Gasteiger partial charge in [0.25, 0.3) is 0 Å². The van der Waals surface area contributed by atoms with Crippen LogP contribution in [0.1, 0.15) is 26.7 Å². The zero-order chi connectivity index (χ0) is 11.6. The zero-order valence-electron chi connectivity index (χ0n) is 7.84. The standard InChI is InChI=1S/C8H12F6/c1-5(2)6(8(12,13)14)3-4-7(9,10)11/h5-6H,3-4H2,1-2H3. The second kappa shape index (κ2) is 4.40. The molecule has 0 spiro atoms. The van der Waals surface area contributed by atoms with Gasteiger partial charge in [-0.3, -0.25) is 0 Å². The van der Waals surface area contributed by atoms with E-state index in [0.29, 0.717) is 0 Å². The van der Waals surface area contributed by atoms with Crippen LogP contribution in [-0.4, -0.2) is 12.4 Å². The monoisotopic (exact) mass is 222 g/mol. The van der Waals surface area contributed by atoms with Gasteiger partial charge in [-0.2, -0.15) is 26.3 Å². The van der Waals surface area contributed by atoms with E-state index in [9.17, 15) is 26.3 Å². The highest BCUT2D eigenvalue weighted by Crippen LogP contribution is 2.37. The second-order valence-corrected chi connectivity index (χ2v) is 3.55. The van der Waals surface area contributed by atoms with E-state index < -0.39 is 37.0 Å². The molecule has 6 heteroatoms. The Morgan fingerprint density at radius 3 is 1.57 bits per heavy atom. The van der Waals surface area contributed by atoms with Crippen molar-refractivity contribution in [2.24, 2.45) is 11.8 Å². The summed E-state index contributed by atoms with van der Waals surface area (Å²) in [6.45, 7) is 2.54. The summed E-state index contributed by atoms with van der Waals surface area (Å²) in [6, 6.07) is 0. The molecule has 0 amide bonds. The van der Waals surface area contributed by atoms with Crippen molar-refractivity contribution in [3.8, 4) is 0 Å². The molecule has 0 saturated heterocycles. The molecule has 0 nitrogen and oxygen atoms in total. The van der Waals surface area contributed by atoms with Gasteiger partial charge >= 0.3 is 12.4 Å². The molecule has 0 saturated carbocycles. The molecule has 0 fully saturated rings. The molecule has 0 bridgehead atoms. The summed E-state index contributed by atoms with van der Waals surface area (Å²) in [6.07, 6.45) is -11.3. The Labute approximate surface area is 78.3 Å². The lowest BCUT2D eigenvalue weighted by Crippen LogP contribution is -2.29. The second-order valence-electron chi connectivity index (χ2n) is 3.55. The van der Waals surface area contributed by atoms with Gasteiger partial charge in [-0.05, 0) is 12.3 Å². The Hall–Kier alpha value is -0.420. The molecule has 1 unspecified atom stereocenters. The Morgan fingerprint density at radius 2 is 1.36 bits per heavy atom. The van der Waals surface area contributed by atoms with E-state index in [2.05, 4.69) is 0 Å². The van der Waals surface area contributed by atoms with Crippen LogP contribution in [0.5, 0.6) is 0 Å². The Morgan fingerprint density at radius 1 is 0.929 bits per heavy atom. The van der Waals surface area contributed by atoms with E-state index in [1.807, 2.05) is 0 Å². The first-order valence-electron chi connectivity index (χ1n) is 4.17. The van der Waals surface area contributed by atoms with Crippen molar-refractivity contribution in [2.45, 2.75) is 39.0 Å². The number of hydrogen-bond acceptors (Lipinski definition) is 0. The smallest absolute Gasteiger partial charge is 0.171 e. The molecule has 0 radical (unpaired) electrons. The zero-order valence-corrected chi connectivity index (χ0v) is 7.84. The third kappa shape index (κ3) is 5.34. The Bertz CT molecular complexity index is 166. The molecule has 0 aliphatic carbocycles. The van der Waals surface area contributed by atoms with Gasteiger partial charge in [-0.25, -0.2) is 0 Å².